The molecule has 0 fully saturated rings. The summed E-state index contributed by atoms with van der Waals surface area (Å²) < 4.78 is 7.74. The van der Waals surface area contributed by atoms with Crippen LogP contribution in [0.15, 0.2) is 118 Å². The lowest BCUT2D eigenvalue weighted by molar-refractivity contribution is 0.0107. The summed E-state index contributed by atoms with van der Waals surface area (Å²) in [6, 6.07) is 35.3. The first-order chi connectivity index (χ1) is 18.3. The summed E-state index contributed by atoms with van der Waals surface area (Å²) in [4.78, 5) is 2.22. The van der Waals surface area contributed by atoms with Crippen molar-refractivity contribution in [1.82, 2.24) is 4.90 Å². The zero-order chi connectivity index (χ0) is 27.0. The second-order valence-corrected chi connectivity index (χ2v) is 11.5. The zero-order valence-corrected chi connectivity index (χ0v) is 24.6. The van der Waals surface area contributed by atoms with Crippen molar-refractivity contribution in [1.29, 1.82) is 0 Å². The topological polar surface area (TPSA) is 52.9 Å². The van der Waals surface area contributed by atoms with Gasteiger partial charge in [-0.05, 0) is 66.4 Å². The molecule has 0 saturated heterocycles. The first-order valence-corrected chi connectivity index (χ1v) is 14.3. The van der Waals surface area contributed by atoms with E-state index in [0.717, 1.165) is 31.4 Å². The number of aliphatic hydroxyl groups is 2. The molecule has 0 aromatic heterocycles. The van der Waals surface area contributed by atoms with E-state index in [9.17, 15) is 10.2 Å². The molecule has 0 bridgehead atoms. The average Bonchev–Trinajstić information content (AvgIpc) is 2.93. The standard InChI is InChI=1S/C32H33Br2NO3/c1-24(20-32(37,26-12-16-28(33)17-13-26)27-14-18-29(34)19-15-27)35(21-25-8-4-2-5-9-25)22-30(36)23-38-31-10-6-3-7-11-31/h2-19,24,30,36-37H,20-23H2,1H3/t24-,30-/m0/s1. The molecule has 0 saturated carbocycles. The molecule has 4 aromatic rings. The first kappa shape index (κ1) is 28.5. The van der Waals surface area contributed by atoms with Gasteiger partial charge < -0.3 is 14.9 Å². The van der Waals surface area contributed by atoms with Crippen LogP contribution in [0, 0.1) is 0 Å². The summed E-state index contributed by atoms with van der Waals surface area (Å²) in [5, 5.41) is 23.2. The van der Waals surface area contributed by atoms with Gasteiger partial charge in [0.1, 0.15) is 24.1 Å². The highest BCUT2D eigenvalue weighted by Gasteiger charge is 2.35. The average molecular weight is 639 g/mol. The number of hydrogen-bond acceptors (Lipinski definition) is 4. The van der Waals surface area contributed by atoms with Crippen LogP contribution in [0.2, 0.25) is 0 Å². The first-order valence-electron chi connectivity index (χ1n) is 12.7. The maximum absolute atomic E-state index is 12.3. The van der Waals surface area contributed by atoms with Gasteiger partial charge in [0.25, 0.3) is 0 Å². The van der Waals surface area contributed by atoms with Crippen molar-refractivity contribution < 1.29 is 14.9 Å². The van der Waals surface area contributed by atoms with Gasteiger partial charge in [-0.1, -0.05) is 105 Å². The Balaban J connectivity index is 1.58. The Hall–Kier alpha value is -2.48. The van der Waals surface area contributed by atoms with Gasteiger partial charge in [-0.2, -0.15) is 0 Å². The molecule has 6 heteroatoms. The van der Waals surface area contributed by atoms with Crippen LogP contribution >= 0.6 is 31.9 Å². The number of rotatable bonds is 12. The monoisotopic (exact) mass is 637 g/mol. The third-order valence-electron chi connectivity index (χ3n) is 6.72. The molecule has 0 amide bonds. The fourth-order valence-electron chi connectivity index (χ4n) is 4.66. The Morgan fingerprint density at radius 3 is 1.79 bits per heavy atom. The minimum atomic E-state index is -1.22. The number of hydrogen-bond donors (Lipinski definition) is 2. The quantitative estimate of drug-likeness (QED) is 0.173. The van der Waals surface area contributed by atoms with Crippen LogP contribution in [-0.4, -0.2) is 40.4 Å². The third kappa shape index (κ3) is 7.78. The van der Waals surface area contributed by atoms with Crippen molar-refractivity contribution >= 4 is 31.9 Å². The Labute approximate surface area is 242 Å². The van der Waals surface area contributed by atoms with E-state index < -0.39 is 11.7 Å². The maximum Gasteiger partial charge on any atom is 0.119 e. The van der Waals surface area contributed by atoms with Crippen LogP contribution in [0.5, 0.6) is 5.75 Å². The number of ether oxygens (including phenoxy) is 1. The molecule has 0 aliphatic carbocycles. The van der Waals surface area contributed by atoms with Crippen molar-refractivity contribution in [3.05, 3.63) is 135 Å². The number of benzene rings is 4. The highest BCUT2D eigenvalue weighted by molar-refractivity contribution is 9.10. The van der Waals surface area contributed by atoms with Crippen LogP contribution < -0.4 is 4.74 Å². The molecular formula is C32H33Br2NO3. The summed E-state index contributed by atoms with van der Waals surface area (Å²) in [7, 11) is 0. The highest BCUT2D eigenvalue weighted by atomic mass is 79.9. The van der Waals surface area contributed by atoms with Gasteiger partial charge in [-0.25, -0.2) is 0 Å². The minimum Gasteiger partial charge on any atom is -0.491 e. The van der Waals surface area contributed by atoms with Crippen LogP contribution in [0.3, 0.4) is 0 Å². The summed E-state index contributed by atoms with van der Waals surface area (Å²) in [6.45, 7) is 3.34. The molecule has 0 aliphatic rings. The van der Waals surface area contributed by atoms with E-state index in [1.54, 1.807) is 0 Å². The van der Waals surface area contributed by atoms with E-state index in [0.29, 0.717) is 19.5 Å². The Bertz CT molecular complexity index is 1210. The van der Waals surface area contributed by atoms with E-state index in [-0.39, 0.29) is 12.6 Å². The van der Waals surface area contributed by atoms with Crippen molar-refractivity contribution in [2.75, 3.05) is 13.2 Å². The maximum atomic E-state index is 12.3. The molecule has 4 aromatic carbocycles. The SMILES string of the molecule is C[C@@H](CC(O)(c1ccc(Br)cc1)c1ccc(Br)cc1)N(Cc1ccccc1)C[C@H](O)COc1ccccc1. The lowest BCUT2D eigenvalue weighted by Crippen LogP contribution is -2.44. The Morgan fingerprint density at radius 2 is 1.26 bits per heavy atom. The molecule has 0 aliphatic heterocycles. The molecule has 2 atom stereocenters. The van der Waals surface area contributed by atoms with Crippen molar-refractivity contribution in [3.8, 4) is 5.75 Å². The van der Waals surface area contributed by atoms with Gasteiger partial charge in [-0.3, -0.25) is 4.90 Å². The minimum absolute atomic E-state index is 0.0705. The van der Waals surface area contributed by atoms with E-state index in [1.165, 1.54) is 0 Å². The predicted octanol–water partition coefficient (Wildman–Crippen LogP) is 7.17. The molecule has 0 unspecified atom stereocenters. The van der Waals surface area contributed by atoms with Crippen molar-refractivity contribution in [2.24, 2.45) is 0 Å². The van der Waals surface area contributed by atoms with E-state index >= 15 is 0 Å². The fraction of sp³-hybridized carbons (Fsp3) is 0.250. The van der Waals surface area contributed by atoms with E-state index in [2.05, 4.69) is 55.8 Å². The Kier molecular flexibility index (Phi) is 10.2. The number of nitrogens with zero attached hydrogens (tertiary/aromatic N) is 1. The number of para-hydroxylation sites is 1. The Morgan fingerprint density at radius 1 is 0.763 bits per heavy atom. The molecule has 0 heterocycles. The smallest absolute Gasteiger partial charge is 0.119 e. The van der Waals surface area contributed by atoms with Crippen molar-refractivity contribution in [2.45, 2.75) is 37.6 Å². The van der Waals surface area contributed by atoms with Crippen LogP contribution in [0.4, 0.5) is 0 Å². The normalized spacial score (nSPS) is 13.3. The molecule has 198 valence electrons. The summed E-state index contributed by atoms with van der Waals surface area (Å²) >= 11 is 7.02. The van der Waals surface area contributed by atoms with Gasteiger partial charge in [0, 0.05) is 28.1 Å². The van der Waals surface area contributed by atoms with E-state index in [4.69, 9.17) is 4.74 Å². The molecule has 2 N–H and O–H groups in total. The second kappa shape index (κ2) is 13.5. The van der Waals surface area contributed by atoms with Gasteiger partial charge in [0.2, 0.25) is 0 Å². The van der Waals surface area contributed by atoms with Crippen molar-refractivity contribution in [3.63, 3.8) is 0 Å². The van der Waals surface area contributed by atoms with Gasteiger partial charge in [-0.15, -0.1) is 0 Å². The largest absolute Gasteiger partial charge is 0.491 e. The van der Waals surface area contributed by atoms with Crippen LogP contribution in [-0.2, 0) is 12.1 Å². The molecule has 38 heavy (non-hydrogen) atoms. The third-order valence-corrected chi connectivity index (χ3v) is 7.77. The van der Waals surface area contributed by atoms with Gasteiger partial charge >= 0.3 is 0 Å². The molecular weight excluding hydrogens is 606 g/mol. The number of aliphatic hydroxyl groups excluding tert-OH is 1. The van der Waals surface area contributed by atoms with Crippen LogP contribution in [0.1, 0.15) is 30.0 Å². The number of halogens is 2. The zero-order valence-electron chi connectivity index (χ0n) is 21.4. The summed E-state index contributed by atoms with van der Waals surface area (Å²) in [5.41, 5.74) is 1.57. The summed E-state index contributed by atoms with van der Waals surface area (Å²) in [6.07, 6.45) is -0.259. The van der Waals surface area contributed by atoms with Gasteiger partial charge in [0.15, 0.2) is 0 Å². The van der Waals surface area contributed by atoms with E-state index in [1.807, 2.05) is 97.1 Å². The molecule has 0 radical (unpaired) electrons. The second-order valence-electron chi connectivity index (χ2n) is 9.62. The lowest BCUT2D eigenvalue weighted by atomic mass is 9.81. The lowest BCUT2D eigenvalue weighted by Gasteiger charge is -2.38. The molecule has 4 rings (SSSR count). The highest BCUT2D eigenvalue weighted by Crippen LogP contribution is 2.36. The van der Waals surface area contributed by atoms with Crippen LogP contribution in [0.25, 0.3) is 0 Å². The molecule has 0 spiro atoms. The fourth-order valence-corrected chi connectivity index (χ4v) is 5.19. The molecule has 4 nitrogen and oxygen atoms in total. The summed E-state index contributed by atoms with van der Waals surface area (Å²) in [5.74, 6) is 0.731. The predicted molar refractivity (Wildman–Crippen MR) is 160 cm³/mol. The van der Waals surface area contributed by atoms with Gasteiger partial charge in [0.05, 0.1) is 0 Å².